The Morgan fingerprint density at radius 3 is 1.58 bits per heavy atom. The van der Waals surface area contributed by atoms with Crippen LogP contribution >= 0.6 is 11.6 Å². The van der Waals surface area contributed by atoms with Gasteiger partial charge in [0, 0.05) is 5.88 Å². The molecular formula is C17H25ClO6. The van der Waals surface area contributed by atoms with Crippen molar-refractivity contribution in [2.75, 3.05) is 66.1 Å². The number of ether oxygens (including phenoxy) is 6. The van der Waals surface area contributed by atoms with Crippen LogP contribution in [0.4, 0.5) is 0 Å². The van der Waals surface area contributed by atoms with Crippen molar-refractivity contribution in [2.24, 2.45) is 0 Å². The van der Waals surface area contributed by atoms with Gasteiger partial charge in [-0.05, 0) is 17.7 Å². The van der Waals surface area contributed by atoms with Crippen molar-refractivity contribution < 1.29 is 28.4 Å². The number of fused-ring (bicyclic) bond motifs is 1. The molecule has 1 heterocycles. The highest BCUT2D eigenvalue weighted by molar-refractivity contribution is 6.17. The molecule has 0 saturated carbocycles. The van der Waals surface area contributed by atoms with Crippen molar-refractivity contribution in [3.63, 3.8) is 0 Å². The van der Waals surface area contributed by atoms with E-state index in [1.54, 1.807) is 0 Å². The van der Waals surface area contributed by atoms with Crippen LogP contribution in [0.2, 0.25) is 0 Å². The van der Waals surface area contributed by atoms with Gasteiger partial charge in [-0.2, -0.15) is 0 Å². The van der Waals surface area contributed by atoms with Gasteiger partial charge in [0.05, 0.1) is 52.9 Å². The second kappa shape index (κ2) is 12.3. The van der Waals surface area contributed by atoms with Crippen LogP contribution in [0.25, 0.3) is 0 Å². The van der Waals surface area contributed by atoms with E-state index < -0.39 is 0 Å². The first-order chi connectivity index (χ1) is 11.9. The van der Waals surface area contributed by atoms with Gasteiger partial charge < -0.3 is 28.4 Å². The van der Waals surface area contributed by atoms with E-state index in [9.17, 15) is 0 Å². The Labute approximate surface area is 147 Å². The molecule has 6 nitrogen and oxygen atoms in total. The molecule has 0 N–H and O–H groups in total. The lowest BCUT2D eigenvalue weighted by atomic mass is 10.2. The van der Waals surface area contributed by atoms with Gasteiger partial charge >= 0.3 is 0 Å². The van der Waals surface area contributed by atoms with Crippen molar-refractivity contribution in [1.82, 2.24) is 0 Å². The van der Waals surface area contributed by atoms with Crippen LogP contribution in [-0.2, 0) is 24.8 Å². The van der Waals surface area contributed by atoms with Crippen molar-refractivity contribution in [3.05, 3.63) is 23.8 Å². The molecule has 1 aliphatic heterocycles. The second-order valence-electron chi connectivity index (χ2n) is 5.06. The summed E-state index contributed by atoms with van der Waals surface area (Å²) < 4.78 is 33.2. The Kier molecular flexibility index (Phi) is 9.91. The van der Waals surface area contributed by atoms with E-state index in [1.165, 1.54) is 0 Å². The van der Waals surface area contributed by atoms with E-state index in [2.05, 4.69) is 0 Å². The van der Waals surface area contributed by atoms with Crippen molar-refractivity contribution in [3.8, 4) is 11.5 Å². The monoisotopic (exact) mass is 360 g/mol. The highest BCUT2D eigenvalue weighted by atomic mass is 35.5. The molecule has 1 aromatic carbocycles. The molecule has 0 fully saturated rings. The fourth-order valence-electron chi connectivity index (χ4n) is 2.05. The maximum atomic E-state index is 5.88. The summed E-state index contributed by atoms with van der Waals surface area (Å²) in [4.78, 5) is 0. The van der Waals surface area contributed by atoms with Crippen LogP contribution in [0.5, 0.6) is 11.5 Å². The number of halogens is 1. The first kappa shape index (κ1) is 19.3. The fourth-order valence-corrected chi connectivity index (χ4v) is 2.22. The largest absolute Gasteiger partial charge is 0.487 e. The van der Waals surface area contributed by atoms with Crippen LogP contribution in [0.1, 0.15) is 5.56 Å². The third kappa shape index (κ3) is 7.68. The Bertz CT molecular complexity index is 457. The van der Waals surface area contributed by atoms with Gasteiger partial charge in [-0.3, -0.25) is 0 Å². The summed E-state index contributed by atoms with van der Waals surface area (Å²) in [5, 5.41) is 0. The predicted octanol–water partition coefficient (Wildman–Crippen LogP) is 2.26. The molecule has 0 aromatic heterocycles. The number of rotatable bonds is 1. The van der Waals surface area contributed by atoms with E-state index >= 15 is 0 Å². The summed E-state index contributed by atoms with van der Waals surface area (Å²) in [5.74, 6) is 1.76. The molecule has 24 heavy (non-hydrogen) atoms. The molecule has 0 amide bonds. The second-order valence-corrected chi connectivity index (χ2v) is 5.33. The van der Waals surface area contributed by atoms with Gasteiger partial charge in [-0.15, -0.1) is 11.6 Å². The van der Waals surface area contributed by atoms with Crippen LogP contribution < -0.4 is 9.47 Å². The van der Waals surface area contributed by atoms with E-state index in [4.69, 9.17) is 40.0 Å². The summed E-state index contributed by atoms with van der Waals surface area (Å²) in [7, 11) is 0. The summed E-state index contributed by atoms with van der Waals surface area (Å²) >= 11 is 5.88. The SMILES string of the molecule is ClCc1ccc2c(c1)OCCOCCOCCOCCOCCO2. The number of hydrogen-bond donors (Lipinski definition) is 0. The van der Waals surface area contributed by atoms with E-state index in [1.807, 2.05) is 18.2 Å². The fraction of sp³-hybridized carbons (Fsp3) is 0.647. The van der Waals surface area contributed by atoms with Gasteiger partial charge in [-0.1, -0.05) is 6.07 Å². The highest BCUT2D eigenvalue weighted by Crippen LogP contribution is 2.29. The zero-order chi connectivity index (χ0) is 16.9. The maximum absolute atomic E-state index is 5.88. The molecule has 7 heteroatoms. The topological polar surface area (TPSA) is 55.4 Å². The first-order valence-corrected chi connectivity index (χ1v) is 8.69. The molecule has 1 aromatic rings. The molecular weight excluding hydrogens is 336 g/mol. The van der Waals surface area contributed by atoms with Gasteiger partial charge in [0.15, 0.2) is 11.5 Å². The summed E-state index contributed by atoms with van der Waals surface area (Å²) in [6.07, 6.45) is 0. The lowest BCUT2D eigenvalue weighted by molar-refractivity contribution is -0.00842. The van der Waals surface area contributed by atoms with E-state index in [-0.39, 0.29) is 0 Å². The molecule has 0 spiro atoms. The van der Waals surface area contributed by atoms with Gasteiger partial charge in [-0.25, -0.2) is 0 Å². The molecule has 0 bridgehead atoms. The standard InChI is InChI=1S/C17H25ClO6/c18-14-15-1-2-16-17(13-15)24-12-10-22-8-6-20-4-3-19-5-7-21-9-11-23-16/h1-2,13H,3-12,14H2. The third-order valence-corrected chi connectivity index (χ3v) is 3.56. The molecule has 136 valence electrons. The Morgan fingerprint density at radius 1 is 0.625 bits per heavy atom. The maximum Gasteiger partial charge on any atom is 0.161 e. The first-order valence-electron chi connectivity index (χ1n) is 8.15. The van der Waals surface area contributed by atoms with Gasteiger partial charge in [0.2, 0.25) is 0 Å². The van der Waals surface area contributed by atoms with Crippen molar-refractivity contribution in [1.29, 1.82) is 0 Å². The smallest absolute Gasteiger partial charge is 0.161 e. The molecule has 0 unspecified atom stereocenters. The van der Waals surface area contributed by atoms with Crippen LogP contribution in [-0.4, -0.2) is 66.1 Å². The quantitative estimate of drug-likeness (QED) is 0.716. The van der Waals surface area contributed by atoms with Gasteiger partial charge in [0.1, 0.15) is 13.2 Å². The summed E-state index contributed by atoms with van der Waals surface area (Å²) in [6, 6.07) is 5.67. The Hall–Kier alpha value is -1.05. The normalized spacial score (nSPS) is 19.2. The Balaban J connectivity index is 1.88. The van der Waals surface area contributed by atoms with E-state index in [0.29, 0.717) is 83.4 Å². The third-order valence-electron chi connectivity index (χ3n) is 3.25. The van der Waals surface area contributed by atoms with Crippen molar-refractivity contribution in [2.45, 2.75) is 5.88 Å². The van der Waals surface area contributed by atoms with Crippen LogP contribution in [0, 0.1) is 0 Å². The average molecular weight is 361 g/mol. The molecule has 0 atom stereocenters. The minimum absolute atomic E-state index is 0.424. The molecule has 1 aliphatic rings. The minimum Gasteiger partial charge on any atom is -0.487 e. The lowest BCUT2D eigenvalue weighted by Gasteiger charge is -2.14. The predicted molar refractivity (Wildman–Crippen MR) is 90.3 cm³/mol. The molecule has 0 radical (unpaired) electrons. The number of hydrogen-bond acceptors (Lipinski definition) is 6. The minimum atomic E-state index is 0.424. The zero-order valence-corrected chi connectivity index (χ0v) is 14.6. The summed E-state index contributed by atoms with van der Waals surface area (Å²) in [5.41, 5.74) is 0.976. The number of alkyl halides is 1. The van der Waals surface area contributed by atoms with Crippen LogP contribution in [0.15, 0.2) is 18.2 Å². The molecule has 0 saturated heterocycles. The summed E-state index contributed by atoms with van der Waals surface area (Å²) in [6.45, 7) is 5.08. The van der Waals surface area contributed by atoms with Gasteiger partial charge in [0.25, 0.3) is 0 Å². The highest BCUT2D eigenvalue weighted by Gasteiger charge is 2.07. The molecule has 0 aliphatic carbocycles. The van der Waals surface area contributed by atoms with E-state index in [0.717, 1.165) is 5.56 Å². The van der Waals surface area contributed by atoms with Crippen LogP contribution in [0.3, 0.4) is 0 Å². The zero-order valence-electron chi connectivity index (χ0n) is 13.8. The average Bonchev–Trinajstić information content (AvgIpc) is 2.61. The lowest BCUT2D eigenvalue weighted by Crippen LogP contribution is -2.16. The Morgan fingerprint density at radius 2 is 1.08 bits per heavy atom. The number of benzene rings is 1. The van der Waals surface area contributed by atoms with Crippen molar-refractivity contribution >= 4 is 11.6 Å². The molecule has 2 rings (SSSR count).